The van der Waals surface area contributed by atoms with Crippen molar-refractivity contribution in [3.63, 3.8) is 0 Å². The normalized spacial score (nSPS) is 14.7. The third kappa shape index (κ3) is 2.63. The number of thiophene rings is 1. The molecule has 0 amide bonds. The molecule has 1 aromatic heterocycles. The van der Waals surface area contributed by atoms with Crippen LogP contribution >= 0.6 is 22.9 Å². The van der Waals surface area contributed by atoms with Crippen LogP contribution in [0.15, 0.2) is 34.5 Å². The van der Waals surface area contributed by atoms with Crippen molar-refractivity contribution >= 4 is 38.6 Å². The fourth-order valence-corrected chi connectivity index (χ4v) is 5.24. The topological polar surface area (TPSA) is 46.6 Å². The van der Waals surface area contributed by atoms with Crippen LogP contribution in [-0.2, 0) is 16.4 Å². The van der Waals surface area contributed by atoms with E-state index in [0.29, 0.717) is 27.3 Å². The molecule has 0 aliphatic carbocycles. The monoisotopic (exact) mass is 343 g/mol. The van der Waals surface area contributed by atoms with Gasteiger partial charge in [0.05, 0.1) is 12.2 Å². The molecule has 0 saturated carbocycles. The predicted octanol–water partition coefficient (Wildman–Crippen LogP) is 3.55. The van der Waals surface area contributed by atoms with E-state index in [4.69, 9.17) is 16.3 Å². The van der Waals surface area contributed by atoms with E-state index in [2.05, 4.69) is 0 Å². The molecule has 7 heteroatoms. The smallest absolute Gasteiger partial charge is 0.274 e. The number of aryl methyl sites for hydroxylation is 1. The molecule has 112 valence electrons. The first kappa shape index (κ1) is 14.7. The summed E-state index contributed by atoms with van der Waals surface area (Å²) in [6.07, 6.45) is 0.825. The van der Waals surface area contributed by atoms with Crippen molar-refractivity contribution in [2.75, 3.05) is 17.5 Å². The van der Waals surface area contributed by atoms with E-state index in [0.717, 1.165) is 11.3 Å². The van der Waals surface area contributed by atoms with Gasteiger partial charge in [-0.1, -0.05) is 18.5 Å². The van der Waals surface area contributed by atoms with Crippen LogP contribution in [0, 0.1) is 0 Å². The summed E-state index contributed by atoms with van der Waals surface area (Å²) in [4.78, 5) is 1.05. The summed E-state index contributed by atoms with van der Waals surface area (Å²) < 4.78 is 32.9. The molecule has 0 unspecified atom stereocenters. The standard InChI is InChI=1S/C14H14ClNO3S2/c1-2-11-4-6-14(20-11)21(17,18)16-7-8-19-13-5-3-10(15)9-12(13)16/h3-6,9H,2,7-8H2,1H3. The number of hydrogen-bond acceptors (Lipinski definition) is 4. The van der Waals surface area contributed by atoms with E-state index in [9.17, 15) is 8.42 Å². The minimum atomic E-state index is -3.57. The first-order valence-electron chi connectivity index (χ1n) is 6.56. The second kappa shape index (κ2) is 5.51. The van der Waals surface area contributed by atoms with Crippen molar-refractivity contribution < 1.29 is 13.2 Å². The van der Waals surface area contributed by atoms with Crippen LogP contribution in [0.3, 0.4) is 0 Å². The van der Waals surface area contributed by atoms with Crippen LogP contribution in [0.1, 0.15) is 11.8 Å². The number of sulfonamides is 1. The Morgan fingerprint density at radius 3 is 2.86 bits per heavy atom. The quantitative estimate of drug-likeness (QED) is 0.856. The maximum atomic E-state index is 12.8. The van der Waals surface area contributed by atoms with Crippen molar-refractivity contribution in [1.82, 2.24) is 0 Å². The molecule has 2 aromatic rings. The molecule has 0 radical (unpaired) electrons. The van der Waals surface area contributed by atoms with Gasteiger partial charge in [0.15, 0.2) is 0 Å². The molecule has 1 aliphatic heterocycles. The Bertz CT molecular complexity index is 770. The van der Waals surface area contributed by atoms with E-state index in [1.807, 2.05) is 13.0 Å². The lowest BCUT2D eigenvalue weighted by atomic mass is 10.2. The van der Waals surface area contributed by atoms with Crippen molar-refractivity contribution in [3.8, 4) is 5.75 Å². The van der Waals surface area contributed by atoms with Gasteiger partial charge in [0, 0.05) is 9.90 Å². The zero-order chi connectivity index (χ0) is 15.0. The van der Waals surface area contributed by atoms with Crippen molar-refractivity contribution in [2.45, 2.75) is 17.6 Å². The van der Waals surface area contributed by atoms with Gasteiger partial charge in [0.2, 0.25) is 0 Å². The lowest BCUT2D eigenvalue weighted by Gasteiger charge is -2.30. The van der Waals surface area contributed by atoms with E-state index in [1.54, 1.807) is 24.3 Å². The highest BCUT2D eigenvalue weighted by Gasteiger charge is 2.31. The van der Waals surface area contributed by atoms with Gasteiger partial charge in [0.25, 0.3) is 10.0 Å². The van der Waals surface area contributed by atoms with Crippen molar-refractivity contribution in [3.05, 3.63) is 40.2 Å². The third-order valence-electron chi connectivity index (χ3n) is 3.27. The summed E-state index contributed by atoms with van der Waals surface area (Å²) in [7, 11) is -3.57. The fourth-order valence-electron chi connectivity index (χ4n) is 2.21. The van der Waals surface area contributed by atoms with Gasteiger partial charge in [-0.2, -0.15) is 0 Å². The Morgan fingerprint density at radius 2 is 2.14 bits per heavy atom. The number of nitrogens with zero attached hydrogens (tertiary/aromatic N) is 1. The van der Waals surface area contributed by atoms with Crippen LogP contribution in [0.2, 0.25) is 5.02 Å². The third-order valence-corrected chi connectivity index (χ3v) is 7.02. The largest absolute Gasteiger partial charge is 0.489 e. The zero-order valence-electron chi connectivity index (χ0n) is 11.4. The lowest BCUT2D eigenvalue weighted by Crippen LogP contribution is -2.37. The average Bonchev–Trinajstić information content (AvgIpc) is 2.96. The molecule has 0 bridgehead atoms. The summed E-state index contributed by atoms with van der Waals surface area (Å²) in [6, 6.07) is 8.54. The summed E-state index contributed by atoms with van der Waals surface area (Å²) in [6.45, 7) is 2.63. The number of benzene rings is 1. The van der Waals surface area contributed by atoms with Crippen LogP contribution in [-0.4, -0.2) is 21.6 Å². The predicted molar refractivity (Wildman–Crippen MR) is 85.2 cm³/mol. The molecule has 1 aromatic carbocycles. The van der Waals surface area contributed by atoms with Crippen LogP contribution in [0.25, 0.3) is 0 Å². The molecular weight excluding hydrogens is 330 g/mol. The summed E-state index contributed by atoms with van der Waals surface area (Å²) in [5, 5.41) is 0.486. The number of anilines is 1. The Labute approximate surface area is 133 Å². The Kier molecular flexibility index (Phi) is 3.86. The fraction of sp³-hybridized carbons (Fsp3) is 0.286. The Balaban J connectivity index is 2.07. The molecule has 2 heterocycles. The Hall–Kier alpha value is -1.24. The van der Waals surface area contributed by atoms with Crippen LogP contribution in [0.4, 0.5) is 5.69 Å². The second-order valence-electron chi connectivity index (χ2n) is 4.61. The molecule has 3 rings (SSSR count). The molecule has 21 heavy (non-hydrogen) atoms. The highest BCUT2D eigenvalue weighted by molar-refractivity contribution is 7.94. The zero-order valence-corrected chi connectivity index (χ0v) is 13.8. The number of fused-ring (bicyclic) bond motifs is 1. The highest BCUT2D eigenvalue weighted by Crippen LogP contribution is 2.38. The molecule has 0 saturated heterocycles. The SMILES string of the molecule is CCc1ccc(S(=O)(=O)N2CCOc3ccc(Cl)cc32)s1. The van der Waals surface area contributed by atoms with Gasteiger partial charge >= 0.3 is 0 Å². The number of ether oxygens (including phenoxy) is 1. The van der Waals surface area contributed by atoms with E-state index in [1.165, 1.54) is 15.6 Å². The minimum Gasteiger partial charge on any atom is -0.489 e. The molecule has 1 aliphatic rings. The number of rotatable bonds is 3. The molecule has 0 atom stereocenters. The average molecular weight is 344 g/mol. The first-order valence-corrected chi connectivity index (χ1v) is 9.19. The summed E-state index contributed by atoms with van der Waals surface area (Å²) in [5.74, 6) is 0.543. The molecule has 0 fully saturated rings. The molecule has 0 spiro atoms. The molecular formula is C14H14ClNO3S2. The van der Waals surface area contributed by atoms with Crippen LogP contribution in [0.5, 0.6) is 5.75 Å². The number of hydrogen-bond donors (Lipinski definition) is 0. The van der Waals surface area contributed by atoms with Gasteiger partial charge in [0.1, 0.15) is 16.6 Å². The molecule has 4 nitrogen and oxygen atoms in total. The summed E-state index contributed by atoms with van der Waals surface area (Å²) in [5.41, 5.74) is 0.500. The van der Waals surface area contributed by atoms with Crippen molar-refractivity contribution in [2.24, 2.45) is 0 Å². The first-order chi connectivity index (χ1) is 10.0. The van der Waals surface area contributed by atoms with Gasteiger partial charge < -0.3 is 4.74 Å². The minimum absolute atomic E-state index is 0.287. The van der Waals surface area contributed by atoms with Gasteiger partial charge in [-0.3, -0.25) is 4.31 Å². The maximum absolute atomic E-state index is 12.8. The number of halogens is 1. The van der Waals surface area contributed by atoms with Gasteiger partial charge in [-0.15, -0.1) is 11.3 Å². The van der Waals surface area contributed by atoms with E-state index < -0.39 is 10.0 Å². The van der Waals surface area contributed by atoms with Gasteiger partial charge in [-0.25, -0.2) is 8.42 Å². The van der Waals surface area contributed by atoms with Crippen molar-refractivity contribution in [1.29, 1.82) is 0 Å². The maximum Gasteiger partial charge on any atom is 0.274 e. The van der Waals surface area contributed by atoms with E-state index >= 15 is 0 Å². The van der Waals surface area contributed by atoms with Crippen LogP contribution < -0.4 is 9.04 Å². The van der Waals surface area contributed by atoms with Gasteiger partial charge in [-0.05, 0) is 36.8 Å². The lowest BCUT2D eigenvalue weighted by molar-refractivity contribution is 0.316. The Morgan fingerprint density at radius 1 is 1.33 bits per heavy atom. The van der Waals surface area contributed by atoms with E-state index in [-0.39, 0.29) is 6.54 Å². The second-order valence-corrected chi connectivity index (χ2v) is 8.31. The summed E-state index contributed by atoms with van der Waals surface area (Å²) >= 11 is 7.30. The highest BCUT2D eigenvalue weighted by atomic mass is 35.5. The molecule has 0 N–H and O–H groups in total.